The normalized spacial score (nSPS) is 11.0. The summed E-state index contributed by atoms with van der Waals surface area (Å²) in [7, 11) is 1.61. The molecule has 0 spiro atoms. The minimum absolute atomic E-state index is 0.143. The summed E-state index contributed by atoms with van der Waals surface area (Å²) < 4.78 is 5.08. The summed E-state index contributed by atoms with van der Waals surface area (Å²) in [6, 6.07) is 17.1. The van der Waals surface area contributed by atoms with Crippen LogP contribution in [0.5, 0.6) is 5.75 Å². The van der Waals surface area contributed by atoms with E-state index in [2.05, 4.69) is 10.5 Å². The van der Waals surface area contributed by atoms with Gasteiger partial charge in [0.2, 0.25) is 5.91 Å². The Morgan fingerprint density at radius 1 is 1.10 bits per heavy atom. The molecule has 4 heteroatoms. The van der Waals surface area contributed by atoms with Crippen LogP contribution in [0.3, 0.4) is 0 Å². The zero-order valence-corrected chi connectivity index (χ0v) is 12.2. The minimum Gasteiger partial charge on any atom is -0.497 e. The highest BCUT2D eigenvalue weighted by Gasteiger charge is 2.03. The molecule has 1 N–H and O–H groups in total. The van der Waals surface area contributed by atoms with Gasteiger partial charge in [0.1, 0.15) is 5.75 Å². The maximum atomic E-state index is 11.9. The molecule has 0 atom stereocenters. The van der Waals surface area contributed by atoms with Crippen molar-refractivity contribution in [1.82, 2.24) is 5.43 Å². The standard InChI is InChI=1S/C17H18N2O2/c1-13(15-6-4-3-5-7-15)18-19-17(20)12-14-8-10-16(21-2)11-9-14/h3-11H,12H2,1-2H3,(H,19,20). The van der Waals surface area contributed by atoms with Gasteiger partial charge in [-0.2, -0.15) is 5.10 Å². The number of nitrogens with zero attached hydrogens (tertiary/aromatic N) is 1. The van der Waals surface area contributed by atoms with Crippen molar-refractivity contribution in [3.8, 4) is 5.75 Å². The second-order valence-corrected chi connectivity index (χ2v) is 4.62. The number of hydrazone groups is 1. The zero-order chi connectivity index (χ0) is 15.1. The molecular weight excluding hydrogens is 264 g/mol. The van der Waals surface area contributed by atoms with E-state index in [1.165, 1.54) is 0 Å². The minimum atomic E-state index is -0.143. The van der Waals surface area contributed by atoms with Crippen LogP contribution in [0, 0.1) is 0 Å². The first-order chi connectivity index (χ1) is 10.2. The van der Waals surface area contributed by atoms with Gasteiger partial charge in [-0.3, -0.25) is 4.79 Å². The highest BCUT2D eigenvalue weighted by Crippen LogP contribution is 2.11. The molecule has 1 amide bonds. The molecule has 0 aliphatic heterocycles. The number of nitrogens with one attached hydrogen (secondary N) is 1. The molecular formula is C17H18N2O2. The van der Waals surface area contributed by atoms with Crippen molar-refractivity contribution in [3.63, 3.8) is 0 Å². The Morgan fingerprint density at radius 2 is 1.76 bits per heavy atom. The number of amides is 1. The van der Waals surface area contributed by atoms with Gasteiger partial charge in [-0.25, -0.2) is 5.43 Å². The molecule has 0 fully saturated rings. The van der Waals surface area contributed by atoms with Crippen molar-refractivity contribution < 1.29 is 9.53 Å². The first kappa shape index (κ1) is 14.8. The summed E-state index contributed by atoms with van der Waals surface area (Å²) >= 11 is 0. The molecule has 2 aromatic carbocycles. The van der Waals surface area contributed by atoms with Crippen molar-refractivity contribution in [1.29, 1.82) is 0 Å². The molecule has 21 heavy (non-hydrogen) atoms. The van der Waals surface area contributed by atoms with Gasteiger partial charge in [-0.15, -0.1) is 0 Å². The van der Waals surface area contributed by atoms with Crippen LogP contribution in [0.1, 0.15) is 18.1 Å². The number of rotatable bonds is 5. The molecule has 0 radical (unpaired) electrons. The predicted octanol–water partition coefficient (Wildman–Crippen LogP) is 2.78. The molecule has 4 nitrogen and oxygen atoms in total. The fraction of sp³-hybridized carbons (Fsp3) is 0.176. The summed E-state index contributed by atoms with van der Waals surface area (Å²) in [6.07, 6.45) is 0.287. The molecule has 0 saturated carbocycles. The van der Waals surface area contributed by atoms with E-state index in [4.69, 9.17) is 4.74 Å². The molecule has 2 rings (SSSR count). The van der Waals surface area contributed by atoms with Gasteiger partial charge in [0, 0.05) is 0 Å². The Kier molecular flexibility index (Phi) is 5.10. The largest absolute Gasteiger partial charge is 0.497 e. The van der Waals surface area contributed by atoms with Gasteiger partial charge >= 0.3 is 0 Å². The smallest absolute Gasteiger partial charge is 0.244 e. The highest BCUT2D eigenvalue weighted by molar-refractivity contribution is 5.99. The lowest BCUT2D eigenvalue weighted by Crippen LogP contribution is -2.21. The fourth-order valence-corrected chi connectivity index (χ4v) is 1.86. The zero-order valence-electron chi connectivity index (χ0n) is 12.2. The van der Waals surface area contributed by atoms with Crippen LogP contribution in [-0.4, -0.2) is 18.7 Å². The average molecular weight is 282 g/mol. The lowest BCUT2D eigenvalue weighted by Gasteiger charge is -2.04. The molecule has 108 valence electrons. The lowest BCUT2D eigenvalue weighted by molar-refractivity contribution is -0.120. The average Bonchev–Trinajstić information content (AvgIpc) is 2.54. The van der Waals surface area contributed by atoms with E-state index in [0.29, 0.717) is 0 Å². The van der Waals surface area contributed by atoms with Crippen LogP contribution in [0.2, 0.25) is 0 Å². The maximum absolute atomic E-state index is 11.9. The van der Waals surface area contributed by atoms with E-state index in [9.17, 15) is 4.79 Å². The summed E-state index contributed by atoms with van der Waals surface area (Å²) in [6.45, 7) is 1.86. The summed E-state index contributed by atoms with van der Waals surface area (Å²) in [4.78, 5) is 11.9. The Labute approximate surface area is 124 Å². The third-order valence-electron chi connectivity index (χ3n) is 3.06. The number of carbonyl (C=O) groups excluding carboxylic acids is 1. The lowest BCUT2D eigenvalue weighted by atomic mass is 10.1. The van der Waals surface area contributed by atoms with E-state index in [0.717, 1.165) is 22.6 Å². The third kappa shape index (κ3) is 4.45. The molecule has 0 bridgehead atoms. The first-order valence-corrected chi connectivity index (χ1v) is 6.70. The summed E-state index contributed by atoms with van der Waals surface area (Å²) in [5, 5.41) is 4.12. The van der Waals surface area contributed by atoms with E-state index >= 15 is 0 Å². The van der Waals surface area contributed by atoms with Crippen molar-refractivity contribution in [2.24, 2.45) is 5.10 Å². The summed E-state index contributed by atoms with van der Waals surface area (Å²) in [5.74, 6) is 0.632. The van der Waals surface area contributed by atoms with Gasteiger partial charge in [-0.1, -0.05) is 42.5 Å². The second kappa shape index (κ2) is 7.24. The Bertz CT molecular complexity index is 619. The number of ether oxygens (including phenoxy) is 1. The molecule has 0 saturated heterocycles. The molecule has 0 heterocycles. The van der Waals surface area contributed by atoms with Crippen molar-refractivity contribution in [3.05, 3.63) is 65.7 Å². The van der Waals surface area contributed by atoms with E-state index in [-0.39, 0.29) is 12.3 Å². The van der Waals surface area contributed by atoms with Gasteiger partial charge in [0.15, 0.2) is 0 Å². The van der Waals surface area contributed by atoms with Crippen molar-refractivity contribution in [2.75, 3.05) is 7.11 Å². The SMILES string of the molecule is COc1ccc(CC(=O)NN=C(C)c2ccccc2)cc1. The fourth-order valence-electron chi connectivity index (χ4n) is 1.86. The van der Waals surface area contributed by atoms with Crippen LogP contribution in [-0.2, 0) is 11.2 Å². The van der Waals surface area contributed by atoms with Crippen LogP contribution < -0.4 is 10.2 Å². The highest BCUT2D eigenvalue weighted by atomic mass is 16.5. The first-order valence-electron chi connectivity index (χ1n) is 6.70. The van der Waals surface area contributed by atoms with Gasteiger partial charge in [0.05, 0.1) is 19.2 Å². The molecule has 0 unspecified atom stereocenters. The van der Waals surface area contributed by atoms with Gasteiger partial charge < -0.3 is 4.74 Å². The maximum Gasteiger partial charge on any atom is 0.244 e. The Hall–Kier alpha value is -2.62. The Balaban J connectivity index is 1.92. The Morgan fingerprint density at radius 3 is 2.38 bits per heavy atom. The number of hydrogen-bond donors (Lipinski definition) is 1. The van der Waals surface area contributed by atoms with Crippen LogP contribution in [0.15, 0.2) is 59.7 Å². The quantitative estimate of drug-likeness (QED) is 0.677. The van der Waals surface area contributed by atoms with E-state index in [1.807, 2.05) is 61.5 Å². The number of hydrogen-bond acceptors (Lipinski definition) is 3. The van der Waals surface area contributed by atoms with E-state index < -0.39 is 0 Å². The van der Waals surface area contributed by atoms with Crippen LogP contribution >= 0.6 is 0 Å². The molecule has 0 aliphatic rings. The third-order valence-corrected chi connectivity index (χ3v) is 3.06. The van der Waals surface area contributed by atoms with Crippen LogP contribution in [0.25, 0.3) is 0 Å². The monoisotopic (exact) mass is 282 g/mol. The topological polar surface area (TPSA) is 50.7 Å². The van der Waals surface area contributed by atoms with Crippen LogP contribution in [0.4, 0.5) is 0 Å². The summed E-state index contributed by atoms with van der Waals surface area (Å²) in [5.41, 5.74) is 5.26. The van der Waals surface area contributed by atoms with Gasteiger partial charge in [-0.05, 0) is 30.2 Å². The van der Waals surface area contributed by atoms with Crippen molar-refractivity contribution in [2.45, 2.75) is 13.3 Å². The predicted molar refractivity (Wildman–Crippen MR) is 83.5 cm³/mol. The number of carbonyl (C=O) groups is 1. The number of methoxy groups -OCH3 is 1. The van der Waals surface area contributed by atoms with E-state index in [1.54, 1.807) is 7.11 Å². The second-order valence-electron chi connectivity index (χ2n) is 4.62. The molecule has 0 aliphatic carbocycles. The number of benzene rings is 2. The molecule has 0 aromatic heterocycles. The van der Waals surface area contributed by atoms with Crippen molar-refractivity contribution >= 4 is 11.6 Å². The molecule has 2 aromatic rings. The van der Waals surface area contributed by atoms with Gasteiger partial charge in [0.25, 0.3) is 0 Å².